The maximum Gasteiger partial charge on any atom is 0.222 e. The van der Waals surface area contributed by atoms with Crippen LogP contribution < -0.4 is 5.32 Å². The van der Waals surface area contributed by atoms with Gasteiger partial charge >= 0.3 is 0 Å². The molecule has 60 valence electrons. The van der Waals surface area contributed by atoms with Crippen molar-refractivity contribution in [3.63, 3.8) is 0 Å². The van der Waals surface area contributed by atoms with Crippen molar-refractivity contribution in [2.75, 3.05) is 0 Å². The maximum atomic E-state index is 10.0. The van der Waals surface area contributed by atoms with E-state index in [1.54, 1.807) is 12.6 Å². The minimum atomic E-state index is -0.583. The van der Waals surface area contributed by atoms with Gasteiger partial charge in [0.05, 0.1) is 6.04 Å². The van der Waals surface area contributed by atoms with Crippen molar-refractivity contribution in [1.29, 1.82) is 0 Å². The van der Waals surface area contributed by atoms with Gasteiger partial charge in [-0.15, -0.1) is 0 Å². The van der Waals surface area contributed by atoms with E-state index in [1.165, 1.54) is 0 Å². The van der Waals surface area contributed by atoms with E-state index in [4.69, 9.17) is 0 Å². The Bertz CT molecular complexity index is 136. The summed E-state index contributed by atoms with van der Waals surface area (Å²) in [7, 11) is 0. The van der Waals surface area contributed by atoms with E-state index in [-0.39, 0.29) is 0 Å². The molecule has 0 fully saturated rings. The monoisotopic (exact) mass is 155 g/mol. The third-order valence-electron chi connectivity index (χ3n) is 1.18. The lowest BCUT2D eigenvalue weighted by Crippen LogP contribution is -2.28. The molecule has 11 heavy (non-hydrogen) atoms. The molecule has 1 atom stereocenters. The van der Waals surface area contributed by atoms with E-state index in [1.807, 2.05) is 0 Å². The summed E-state index contributed by atoms with van der Waals surface area (Å²) in [6.45, 7) is 0. The average Bonchev–Trinajstić information content (AvgIpc) is 2.03. The van der Waals surface area contributed by atoms with Crippen LogP contribution in [0, 0.1) is 0 Å². The van der Waals surface area contributed by atoms with Gasteiger partial charge in [-0.25, -0.2) is 0 Å². The summed E-state index contributed by atoms with van der Waals surface area (Å²) in [6.07, 6.45) is 5.06. The van der Waals surface area contributed by atoms with Crippen molar-refractivity contribution >= 4 is 19.0 Å². The minimum Gasteiger partial charge on any atom is -0.348 e. The lowest BCUT2D eigenvalue weighted by Gasteiger charge is -2.04. The van der Waals surface area contributed by atoms with Gasteiger partial charge in [-0.05, 0) is 12.8 Å². The zero-order chi connectivity index (χ0) is 8.53. The molecule has 0 saturated heterocycles. The van der Waals surface area contributed by atoms with Crippen molar-refractivity contribution in [2.45, 2.75) is 25.3 Å². The molecular weight excluding hydrogens is 146 g/mol. The van der Waals surface area contributed by atoms with E-state index < -0.39 is 6.04 Å². The Morgan fingerprint density at radius 2 is 2.18 bits per heavy atom. The summed E-state index contributed by atoms with van der Waals surface area (Å²) in [5.41, 5.74) is 0. The third kappa shape index (κ3) is 5.26. The lowest BCUT2D eigenvalue weighted by atomic mass is 10.1. The molecular formula is C7H9NO3. The van der Waals surface area contributed by atoms with Crippen molar-refractivity contribution in [3.8, 4) is 0 Å². The molecule has 0 aromatic heterocycles. The molecule has 1 amide bonds. The molecule has 1 unspecified atom stereocenters. The average molecular weight is 155 g/mol. The summed E-state index contributed by atoms with van der Waals surface area (Å²) in [5, 5.41) is 2.26. The Morgan fingerprint density at radius 1 is 1.45 bits per heavy atom. The fourth-order valence-electron chi connectivity index (χ4n) is 0.637. The molecule has 0 aliphatic carbocycles. The maximum absolute atomic E-state index is 10.0. The van der Waals surface area contributed by atoms with E-state index in [0.29, 0.717) is 25.7 Å². The Kier molecular flexibility index (Phi) is 6.17. The smallest absolute Gasteiger partial charge is 0.222 e. The van der Waals surface area contributed by atoms with E-state index >= 15 is 0 Å². The zero-order valence-corrected chi connectivity index (χ0v) is 6.00. The van der Waals surface area contributed by atoms with Crippen molar-refractivity contribution in [3.05, 3.63) is 0 Å². The first kappa shape index (κ1) is 9.81. The first-order chi connectivity index (χ1) is 5.35. The molecule has 0 aromatic carbocycles. The predicted octanol–water partition coefficient (Wildman–Crippen LogP) is -0.509. The number of nitrogens with one attached hydrogen (secondary N) is 1. The molecule has 2 radical (unpaired) electrons. The number of unbranched alkanes of at least 4 members (excludes halogenated alkanes) is 1. The van der Waals surface area contributed by atoms with Gasteiger partial charge in [0, 0.05) is 6.42 Å². The van der Waals surface area contributed by atoms with Crippen LogP contribution in [0.15, 0.2) is 0 Å². The van der Waals surface area contributed by atoms with Gasteiger partial charge in [0.15, 0.2) is 6.29 Å². The highest BCUT2D eigenvalue weighted by molar-refractivity contribution is 5.64. The standard InChI is InChI=1S/C7H9NO3/c9-4-2-1-3-7(5-10)8-6-11/h6-7H,1-3H2,(H,8,11). The molecule has 0 spiro atoms. The van der Waals surface area contributed by atoms with E-state index in [0.717, 1.165) is 0 Å². The number of amides is 1. The highest BCUT2D eigenvalue weighted by Gasteiger charge is 2.04. The molecule has 0 aromatic rings. The summed E-state index contributed by atoms with van der Waals surface area (Å²) >= 11 is 0. The molecule has 0 bridgehead atoms. The highest BCUT2D eigenvalue weighted by atomic mass is 16.1. The van der Waals surface area contributed by atoms with Gasteiger partial charge in [0.25, 0.3) is 0 Å². The van der Waals surface area contributed by atoms with Crippen LogP contribution in [0.4, 0.5) is 0 Å². The van der Waals surface area contributed by atoms with Crippen molar-refractivity contribution < 1.29 is 14.4 Å². The summed E-state index contributed by atoms with van der Waals surface area (Å²) in [5.74, 6) is 0. The molecule has 4 heteroatoms. The Labute approximate surface area is 65.0 Å². The number of carbonyl (C=O) groups is 1. The van der Waals surface area contributed by atoms with Crippen LogP contribution in [0.2, 0.25) is 0 Å². The Morgan fingerprint density at radius 3 is 2.64 bits per heavy atom. The summed E-state index contributed by atoms with van der Waals surface area (Å²) < 4.78 is 0. The number of hydrogen-bond donors (Lipinski definition) is 1. The van der Waals surface area contributed by atoms with Crippen LogP contribution in [-0.4, -0.2) is 25.0 Å². The van der Waals surface area contributed by atoms with Gasteiger partial charge in [0.1, 0.15) is 0 Å². The topological polar surface area (TPSA) is 63.2 Å². The van der Waals surface area contributed by atoms with E-state index in [2.05, 4.69) is 5.32 Å². The third-order valence-corrected chi connectivity index (χ3v) is 1.18. The van der Waals surface area contributed by atoms with Crippen LogP contribution in [0.25, 0.3) is 0 Å². The van der Waals surface area contributed by atoms with Crippen molar-refractivity contribution in [2.24, 2.45) is 0 Å². The molecule has 4 nitrogen and oxygen atoms in total. The number of carbonyl (C=O) groups excluding carboxylic acids is 3. The molecule has 0 saturated carbocycles. The Hall–Kier alpha value is -1.19. The molecule has 0 aliphatic rings. The van der Waals surface area contributed by atoms with Gasteiger partial charge in [0.2, 0.25) is 12.7 Å². The van der Waals surface area contributed by atoms with Crippen LogP contribution in [-0.2, 0) is 14.4 Å². The fraction of sp³-hybridized carbons (Fsp3) is 0.571. The van der Waals surface area contributed by atoms with Crippen LogP contribution in [0.5, 0.6) is 0 Å². The van der Waals surface area contributed by atoms with E-state index in [9.17, 15) is 14.4 Å². The number of rotatable bonds is 7. The molecule has 0 heterocycles. The van der Waals surface area contributed by atoms with Crippen LogP contribution in [0.3, 0.4) is 0 Å². The second-order valence-electron chi connectivity index (χ2n) is 1.99. The highest BCUT2D eigenvalue weighted by Crippen LogP contribution is 1.95. The largest absolute Gasteiger partial charge is 0.348 e. The normalized spacial score (nSPS) is 11.6. The molecule has 1 N–H and O–H groups in total. The van der Waals surface area contributed by atoms with Gasteiger partial charge in [-0.2, -0.15) is 0 Å². The van der Waals surface area contributed by atoms with Gasteiger partial charge in [-0.3, -0.25) is 14.4 Å². The molecule has 0 aliphatic heterocycles. The van der Waals surface area contributed by atoms with Crippen LogP contribution in [0.1, 0.15) is 19.3 Å². The van der Waals surface area contributed by atoms with Crippen LogP contribution >= 0.6 is 0 Å². The van der Waals surface area contributed by atoms with Gasteiger partial charge in [-0.1, -0.05) is 0 Å². The van der Waals surface area contributed by atoms with Crippen molar-refractivity contribution in [1.82, 2.24) is 5.32 Å². The quantitative estimate of drug-likeness (QED) is 0.398. The fourth-order valence-corrected chi connectivity index (χ4v) is 0.637. The summed E-state index contributed by atoms with van der Waals surface area (Å²) in [4.78, 5) is 29.6. The zero-order valence-electron chi connectivity index (χ0n) is 6.00. The first-order valence-electron chi connectivity index (χ1n) is 3.27. The second kappa shape index (κ2) is 6.92. The second-order valence-corrected chi connectivity index (χ2v) is 1.99. The lowest BCUT2D eigenvalue weighted by molar-refractivity contribution is -0.109. The first-order valence-corrected chi connectivity index (χ1v) is 3.27. The SMILES string of the molecule is O=[C]CCCC([C]=O)NC=O. The van der Waals surface area contributed by atoms with Gasteiger partial charge < -0.3 is 5.32 Å². The minimum absolute atomic E-state index is 0.290. The molecule has 0 rings (SSSR count). The summed E-state index contributed by atoms with van der Waals surface area (Å²) in [6, 6.07) is -0.583. The number of hydrogen-bond acceptors (Lipinski definition) is 3. The Balaban J connectivity index is 3.42. The predicted molar refractivity (Wildman–Crippen MR) is 38.2 cm³/mol.